The molecule has 0 atom stereocenters. The Balaban J connectivity index is 2.28. The summed E-state index contributed by atoms with van der Waals surface area (Å²) < 4.78 is 76.2. The van der Waals surface area contributed by atoms with E-state index in [0.717, 1.165) is 12.1 Å². The van der Waals surface area contributed by atoms with Crippen molar-refractivity contribution in [1.29, 1.82) is 0 Å². The Morgan fingerprint density at radius 3 is 2.25 bits per heavy atom. The van der Waals surface area contributed by atoms with Gasteiger partial charge in [0.15, 0.2) is 6.61 Å². The zero-order chi connectivity index (χ0) is 20.9. The largest absolute Gasteiger partial charge is 0.494 e. The first-order valence-corrected chi connectivity index (χ1v) is 9.38. The monoisotopic (exact) mass is 418 g/mol. The third-order valence-electron chi connectivity index (χ3n) is 3.31. The van der Waals surface area contributed by atoms with Gasteiger partial charge in [-0.05, 0) is 43.3 Å². The molecule has 2 rings (SSSR count). The fraction of sp³-hybridized carbons (Fsp3) is 0.235. The number of ether oxygens (including phenoxy) is 2. The van der Waals surface area contributed by atoms with Gasteiger partial charge < -0.3 is 15.2 Å². The van der Waals surface area contributed by atoms with E-state index in [9.17, 15) is 26.4 Å². The lowest BCUT2D eigenvalue weighted by Crippen LogP contribution is -2.20. The van der Waals surface area contributed by atoms with Crippen LogP contribution in [0.15, 0.2) is 47.4 Å². The molecule has 152 valence electrons. The fourth-order valence-corrected chi connectivity index (χ4v) is 3.20. The third-order valence-corrected chi connectivity index (χ3v) is 4.71. The number of sulfonamides is 1. The minimum absolute atomic E-state index is 0.111. The van der Waals surface area contributed by atoms with Crippen molar-refractivity contribution in [2.45, 2.75) is 18.0 Å². The van der Waals surface area contributed by atoms with Gasteiger partial charge in [-0.15, -0.1) is 0 Å². The average molecular weight is 418 g/mol. The molecular formula is C17H17F3N2O5S. The number of halogens is 3. The molecule has 7 nitrogen and oxygen atoms in total. The van der Waals surface area contributed by atoms with Crippen LogP contribution in [0, 0.1) is 0 Å². The molecule has 0 saturated heterocycles. The molecule has 3 N–H and O–H groups in total. The van der Waals surface area contributed by atoms with E-state index in [-0.39, 0.29) is 35.3 Å². The number of carbonyl (C=O) groups is 1. The van der Waals surface area contributed by atoms with Crippen molar-refractivity contribution in [3.8, 4) is 11.5 Å². The molecule has 0 radical (unpaired) electrons. The van der Waals surface area contributed by atoms with Gasteiger partial charge in [0.05, 0.1) is 22.8 Å². The van der Waals surface area contributed by atoms with Crippen LogP contribution >= 0.6 is 0 Å². The van der Waals surface area contributed by atoms with Crippen molar-refractivity contribution >= 4 is 21.6 Å². The predicted molar refractivity (Wildman–Crippen MR) is 94.6 cm³/mol. The zero-order valence-corrected chi connectivity index (χ0v) is 15.4. The second-order valence-corrected chi connectivity index (χ2v) is 7.19. The molecule has 28 heavy (non-hydrogen) atoms. The number of hydrogen-bond donors (Lipinski definition) is 2. The van der Waals surface area contributed by atoms with Crippen LogP contribution in [0.5, 0.6) is 11.5 Å². The summed E-state index contributed by atoms with van der Waals surface area (Å²) in [5.41, 5.74) is 3.59. The number of rotatable bonds is 8. The number of nitrogens with one attached hydrogen (secondary N) is 1. The highest BCUT2D eigenvalue weighted by Crippen LogP contribution is 2.34. The maximum Gasteiger partial charge on any atom is 0.416 e. The summed E-state index contributed by atoms with van der Waals surface area (Å²) in [5, 5.41) is 0. The number of carbonyl (C=O) groups excluding carboxylic acids is 1. The van der Waals surface area contributed by atoms with Crippen molar-refractivity contribution < 1.29 is 35.9 Å². The SMILES string of the molecule is CCOc1cc(NS(=O)(=O)c2ccc(OCC(N)=O)cc2)cc(C(F)(F)F)c1. The summed E-state index contributed by atoms with van der Waals surface area (Å²) in [5.74, 6) is -0.617. The van der Waals surface area contributed by atoms with Gasteiger partial charge in [0.1, 0.15) is 11.5 Å². The number of amides is 1. The van der Waals surface area contributed by atoms with Crippen LogP contribution in [0.2, 0.25) is 0 Å². The Kier molecular flexibility index (Phi) is 6.39. The topological polar surface area (TPSA) is 108 Å². The molecule has 11 heteroatoms. The van der Waals surface area contributed by atoms with Gasteiger partial charge in [0.2, 0.25) is 0 Å². The van der Waals surface area contributed by atoms with Crippen molar-refractivity contribution in [2.75, 3.05) is 17.9 Å². The van der Waals surface area contributed by atoms with Crippen LogP contribution in [-0.2, 0) is 21.0 Å². The average Bonchev–Trinajstić information content (AvgIpc) is 2.59. The summed E-state index contributed by atoms with van der Waals surface area (Å²) in [7, 11) is -4.18. The molecule has 0 aliphatic carbocycles. The minimum atomic E-state index is -4.67. The first-order valence-electron chi connectivity index (χ1n) is 7.90. The second-order valence-electron chi connectivity index (χ2n) is 5.51. The van der Waals surface area contributed by atoms with Crippen LogP contribution in [0.4, 0.5) is 18.9 Å². The summed E-state index contributed by atoms with van der Waals surface area (Å²) in [6, 6.07) is 7.53. The summed E-state index contributed by atoms with van der Waals surface area (Å²) in [4.78, 5) is 10.5. The van der Waals surface area contributed by atoms with Gasteiger partial charge in [-0.25, -0.2) is 8.42 Å². The smallest absolute Gasteiger partial charge is 0.416 e. The van der Waals surface area contributed by atoms with E-state index < -0.39 is 27.7 Å². The highest BCUT2D eigenvalue weighted by atomic mass is 32.2. The molecule has 0 saturated carbocycles. The van der Waals surface area contributed by atoms with Gasteiger partial charge in [0.25, 0.3) is 15.9 Å². The maximum atomic E-state index is 13.0. The fourth-order valence-electron chi connectivity index (χ4n) is 2.16. The Morgan fingerprint density at radius 2 is 1.71 bits per heavy atom. The van der Waals surface area contributed by atoms with Gasteiger partial charge in [-0.2, -0.15) is 13.2 Å². The van der Waals surface area contributed by atoms with E-state index in [1.54, 1.807) is 6.92 Å². The molecular weight excluding hydrogens is 401 g/mol. The molecule has 0 aromatic heterocycles. The second kappa shape index (κ2) is 8.38. The highest BCUT2D eigenvalue weighted by Gasteiger charge is 2.32. The standard InChI is InChI=1S/C17H17F3N2O5S/c1-2-26-14-8-11(17(18,19)20)7-12(9-14)22-28(24,25)15-5-3-13(4-6-15)27-10-16(21)23/h3-9,22H,2,10H2,1H3,(H2,21,23). The number of anilines is 1. The zero-order valence-electron chi connectivity index (χ0n) is 14.6. The molecule has 0 aliphatic rings. The Hall–Kier alpha value is -2.95. The molecule has 1 amide bonds. The third kappa shape index (κ3) is 5.78. The molecule has 0 fully saturated rings. The van der Waals surface area contributed by atoms with Crippen molar-refractivity contribution in [2.24, 2.45) is 5.73 Å². The first kappa shape index (κ1) is 21.4. The molecule has 0 heterocycles. The number of alkyl halides is 3. The number of nitrogens with two attached hydrogens (primary N) is 1. The minimum Gasteiger partial charge on any atom is -0.494 e. The van der Waals surface area contributed by atoms with Gasteiger partial charge in [-0.3, -0.25) is 9.52 Å². The van der Waals surface area contributed by atoms with E-state index in [1.807, 2.05) is 0 Å². The first-order chi connectivity index (χ1) is 13.0. The Bertz CT molecular complexity index is 944. The van der Waals surface area contributed by atoms with Gasteiger partial charge in [-0.1, -0.05) is 0 Å². The Labute approximate surface area is 159 Å². The quantitative estimate of drug-likeness (QED) is 0.686. The maximum absolute atomic E-state index is 13.0. The van der Waals surface area contributed by atoms with E-state index in [1.165, 1.54) is 24.3 Å². The number of hydrogen-bond acceptors (Lipinski definition) is 5. The van der Waals surface area contributed by atoms with E-state index >= 15 is 0 Å². The predicted octanol–water partition coefficient (Wildman–Crippen LogP) is 2.77. The number of benzene rings is 2. The lowest BCUT2D eigenvalue weighted by Gasteiger charge is -2.14. The molecule has 0 bridgehead atoms. The molecule has 2 aromatic rings. The summed E-state index contributed by atoms with van der Waals surface area (Å²) in [6.45, 7) is 1.32. The molecule has 2 aromatic carbocycles. The van der Waals surface area contributed by atoms with Crippen LogP contribution in [0.1, 0.15) is 12.5 Å². The van der Waals surface area contributed by atoms with Gasteiger partial charge >= 0.3 is 6.18 Å². The van der Waals surface area contributed by atoms with E-state index in [0.29, 0.717) is 6.07 Å². The lowest BCUT2D eigenvalue weighted by atomic mass is 10.2. The molecule has 0 spiro atoms. The van der Waals surface area contributed by atoms with Crippen LogP contribution in [0.25, 0.3) is 0 Å². The van der Waals surface area contributed by atoms with E-state index in [2.05, 4.69) is 4.72 Å². The summed E-state index contributed by atoms with van der Waals surface area (Å²) in [6.07, 6.45) is -4.67. The van der Waals surface area contributed by atoms with Crippen LogP contribution < -0.4 is 19.9 Å². The van der Waals surface area contributed by atoms with Crippen molar-refractivity contribution in [3.63, 3.8) is 0 Å². The molecule has 0 aliphatic heterocycles. The van der Waals surface area contributed by atoms with Crippen molar-refractivity contribution in [1.82, 2.24) is 0 Å². The molecule has 0 unspecified atom stereocenters. The highest BCUT2D eigenvalue weighted by molar-refractivity contribution is 7.92. The van der Waals surface area contributed by atoms with Crippen LogP contribution in [0.3, 0.4) is 0 Å². The lowest BCUT2D eigenvalue weighted by molar-refractivity contribution is -0.137. The summed E-state index contributed by atoms with van der Waals surface area (Å²) >= 11 is 0. The van der Waals surface area contributed by atoms with E-state index in [4.69, 9.17) is 15.2 Å². The number of primary amides is 1. The van der Waals surface area contributed by atoms with Gasteiger partial charge in [0, 0.05) is 6.07 Å². The normalized spacial score (nSPS) is 11.7. The van der Waals surface area contributed by atoms with Crippen molar-refractivity contribution in [3.05, 3.63) is 48.0 Å². The van der Waals surface area contributed by atoms with Crippen LogP contribution in [-0.4, -0.2) is 27.5 Å². The Morgan fingerprint density at radius 1 is 1.07 bits per heavy atom.